The number of likely N-dealkylation sites (N-methyl/N-ethyl adjacent to an activating group) is 1. The summed E-state index contributed by atoms with van der Waals surface area (Å²) in [5.74, 6) is 0.311. The highest BCUT2D eigenvalue weighted by Gasteiger charge is 2.16. The van der Waals surface area contributed by atoms with Crippen LogP contribution in [0.15, 0.2) is 24.3 Å². The second-order valence-electron chi connectivity index (χ2n) is 4.64. The van der Waals surface area contributed by atoms with Gasteiger partial charge in [0.05, 0.1) is 17.1 Å². The number of aromatic hydroxyl groups is 1. The monoisotopic (exact) mass is 276 g/mol. The number of aryl methyl sites for hydroxylation is 1. The molecular weight excluding hydrogens is 260 g/mol. The minimum atomic E-state index is 0.0880. The number of Topliss-reactive ketones (excluding diaryl/α,β-unsaturated/α-hetero) is 1. The third-order valence-electron chi connectivity index (χ3n) is 2.62. The topological polar surface area (TPSA) is 53.4 Å². The maximum atomic E-state index is 12.1. The van der Waals surface area contributed by atoms with E-state index in [1.807, 2.05) is 25.9 Å². The number of hydrogen-bond donors (Lipinski definition) is 1. The molecule has 1 N–H and O–H groups in total. The number of benzene rings is 1. The highest BCUT2D eigenvalue weighted by molar-refractivity contribution is 7.17. The van der Waals surface area contributed by atoms with Crippen molar-refractivity contribution in [1.82, 2.24) is 9.88 Å². The van der Waals surface area contributed by atoms with E-state index in [0.29, 0.717) is 11.4 Å². The van der Waals surface area contributed by atoms with Gasteiger partial charge in [-0.05, 0) is 45.3 Å². The first-order chi connectivity index (χ1) is 8.97. The van der Waals surface area contributed by atoms with Gasteiger partial charge in [-0.2, -0.15) is 0 Å². The molecule has 0 saturated heterocycles. The molecule has 1 aromatic heterocycles. The quantitative estimate of drug-likeness (QED) is 0.872. The summed E-state index contributed by atoms with van der Waals surface area (Å²) in [6.07, 6.45) is 0. The Morgan fingerprint density at radius 1 is 1.32 bits per heavy atom. The predicted molar refractivity (Wildman–Crippen MR) is 76.8 cm³/mol. The Labute approximate surface area is 116 Å². The van der Waals surface area contributed by atoms with Crippen molar-refractivity contribution in [1.29, 1.82) is 0 Å². The normalized spacial score (nSPS) is 10.9. The van der Waals surface area contributed by atoms with Crippen molar-refractivity contribution < 1.29 is 9.90 Å². The Bertz CT molecular complexity index is 588. The van der Waals surface area contributed by atoms with E-state index >= 15 is 0 Å². The highest BCUT2D eigenvalue weighted by Crippen LogP contribution is 2.29. The van der Waals surface area contributed by atoms with Crippen LogP contribution in [-0.4, -0.2) is 41.4 Å². The molecule has 0 saturated carbocycles. The maximum Gasteiger partial charge on any atom is 0.188 e. The molecule has 0 radical (unpaired) electrons. The molecule has 2 aromatic rings. The van der Waals surface area contributed by atoms with Gasteiger partial charge in [-0.1, -0.05) is 0 Å². The number of carbonyl (C=O) groups is 1. The van der Waals surface area contributed by atoms with Gasteiger partial charge >= 0.3 is 0 Å². The van der Waals surface area contributed by atoms with Gasteiger partial charge in [-0.3, -0.25) is 4.79 Å². The fourth-order valence-corrected chi connectivity index (χ4v) is 2.74. The summed E-state index contributed by atoms with van der Waals surface area (Å²) in [6, 6.07) is 6.84. The minimum Gasteiger partial charge on any atom is -0.508 e. The van der Waals surface area contributed by atoms with Crippen LogP contribution in [0, 0.1) is 6.92 Å². The molecule has 0 aliphatic rings. The number of thiazole rings is 1. The van der Waals surface area contributed by atoms with Crippen LogP contribution in [0.3, 0.4) is 0 Å². The van der Waals surface area contributed by atoms with Crippen LogP contribution in [0.4, 0.5) is 0 Å². The fraction of sp³-hybridized carbons (Fsp3) is 0.286. The third kappa shape index (κ3) is 3.19. The number of rotatable bonds is 4. The zero-order chi connectivity index (χ0) is 14.0. The maximum absolute atomic E-state index is 12.1. The van der Waals surface area contributed by atoms with Crippen molar-refractivity contribution >= 4 is 17.1 Å². The van der Waals surface area contributed by atoms with E-state index in [0.717, 1.165) is 16.3 Å². The molecule has 1 heterocycles. The average molecular weight is 276 g/mol. The number of phenols is 1. The largest absolute Gasteiger partial charge is 0.508 e. The number of phenolic OH excluding ortho intramolecular Hbond substituents is 1. The molecule has 0 bridgehead atoms. The van der Waals surface area contributed by atoms with Crippen molar-refractivity contribution in [3.05, 3.63) is 34.8 Å². The summed E-state index contributed by atoms with van der Waals surface area (Å²) in [7, 11) is 3.74. The van der Waals surface area contributed by atoms with Crippen LogP contribution < -0.4 is 0 Å². The molecule has 100 valence electrons. The molecule has 19 heavy (non-hydrogen) atoms. The SMILES string of the molecule is Cc1nc(-c2ccc(O)cc2)sc1C(=O)CN(C)C. The molecular formula is C14H16N2O2S. The lowest BCUT2D eigenvalue weighted by Crippen LogP contribution is -2.21. The molecule has 0 unspecified atom stereocenters. The summed E-state index contributed by atoms with van der Waals surface area (Å²) in [6.45, 7) is 2.24. The molecule has 0 spiro atoms. The molecule has 1 aromatic carbocycles. The lowest BCUT2D eigenvalue weighted by molar-refractivity contribution is 0.0961. The molecule has 0 fully saturated rings. The second kappa shape index (κ2) is 5.50. The molecule has 0 aliphatic carbocycles. The van der Waals surface area contributed by atoms with E-state index in [9.17, 15) is 9.90 Å². The number of aromatic nitrogens is 1. The van der Waals surface area contributed by atoms with E-state index in [4.69, 9.17) is 0 Å². The smallest absolute Gasteiger partial charge is 0.188 e. The molecule has 2 rings (SSSR count). The fourth-order valence-electron chi connectivity index (χ4n) is 1.74. The average Bonchev–Trinajstić information content (AvgIpc) is 2.71. The van der Waals surface area contributed by atoms with Crippen LogP contribution in [0.1, 0.15) is 15.4 Å². The standard InChI is InChI=1S/C14H16N2O2S/c1-9-13(12(18)8-16(2)3)19-14(15-9)10-4-6-11(17)7-5-10/h4-7,17H,8H2,1-3H3. The van der Waals surface area contributed by atoms with Crippen molar-refractivity contribution in [2.45, 2.75) is 6.92 Å². The lowest BCUT2D eigenvalue weighted by atomic mass is 10.2. The summed E-state index contributed by atoms with van der Waals surface area (Å²) in [5, 5.41) is 10.1. The van der Waals surface area contributed by atoms with Crippen LogP contribution in [0.2, 0.25) is 0 Å². The number of nitrogens with zero attached hydrogens (tertiary/aromatic N) is 2. The summed E-state index contributed by atoms with van der Waals surface area (Å²) in [5.41, 5.74) is 1.68. The molecule has 0 atom stereocenters. The van der Waals surface area contributed by atoms with E-state index in [1.54, 1.807) is 24.3 Å². The van der Waals surface area contributed by atoms with Crippen molar-refractivity contribution in [3.8, 4) is 16.3 Å². The van der Waals surface area contributed by atoms with Crippen LogP contribution >= 0.6 is 11.3 Å². The molecule has 0 aliphatic heterocycles. The zero-order valence-corrected chi connectivity index (χ0v) is 12.0. The van der Waals surface area contributed by atoms with E-state index in [1.165, 1.54) is 11.3 Å². The van der Waals surface area contributed by atoms with Crippen molar-refractivity contribution in [3.63, 3.8) is 0 Å². The zero-order valence-electron chi connectivity index (χ0n) is 11.2. The number of hydrogen-bond acceptors (Lipinski definition) is 5. The van der Waals surface area contributed by atoms with Crippen molar-refractivity contribution in [2.75, 3.05) is 20.6 Å². The Hall–Kier alpha value is -1.72. The van der Waals surface area contributed by atoms with E-state index in [-0.39, 0.29) is 11.5 Å². The van der Waals surface area contributed by atoms with Crippen LogP contribution in [-0.2, 0) is 0 Å². The lowest BCUT2D eigenvalue weighted by Gasteiger charge is -2.06. The Morgan fingerprint density at radius 3 is 2.53 bits per heavy atom. The van der Waals surface area contributed by atoms with E-state index < -0.39 is 0 Å². The Kier molecular flexibility index (Phi) is 3.97. The van der Waals surface area contributed by atoms with Gasteiger partial charge in [0.2, 0.25) is 0 Å². The van der Waals surface area contributed by atoms with Crippen molar-refractivity contribution in [2.24, 2.45) is 0 Å². The van der Waals surface area contributed by atoms with Gasteiger partial charge in [-0.25, -0.2) is 4.98 Å². The van der Waals surface area contributed by atoms with Gasteiger partial charge < -0.3 is 10.0 Å². The number of ketones is 1. The highest BCUT2D eigenvalue weighted by atomic mass is 32.1. The first-order valence-corrected chi connectivity index (χ1v) is 6.74. The Morgan fingerprint density at radius 2 is 1.95 bits per heavy atom. The molecule has 5 heteroatoms. The first-order valence-electron chi connectivity index (χ1n) is 5.92. The van der Waals surface area contributed by atoms with Crippen LogP contribution in [0.5, 0.6) is 5.75 Å². The van der Waals surface area contributed by atoms with E-state index in [2.05, 4.69) is 4.98 Å². The predicted octanol–water partition coefficient (Wildman–Crippen LogP) is 2.57. The van der Waals surface area contributed by atoms with Gasteiger partial charge in [0.25, 0.3) is 0 Å². The Balaban J connectivity index is 2.30. The minimum absolute atomic E-state index is 0.0880. The van der Waals surface area contributed by atoms with Gasteiger partial charge in [-0.15, -0.1) is 11.3 Å². The summed E-state index contributed by atoms with van der Waals surface area (Å²) < 4.78 is 0. The summed E-state index contributed by atoms with van der Waals surface area (Å²) in [4.78, 5) is 19.1. The van der Waals surface area contributed by atoms with Gasteiger partial charge in [0.15, 0.2) is 5.78 Å². The summed E-state index contributed by atoms with van der Waals surface area (Å²) >= 11 is 1.40. The first kappa shape index (κ1) is 13.7. The van der Waals surface area contributed by atoms with Gasteiger partial charge in [0, 0.05) is 5.56 Å². The number of carbonyl (C=O) groups excluding carboxylic acids is 1. The molecule has 0 amide bonds. The third-order valence-corrected chi connectivity index (χ3v) is 3.87. The molecule has 4 nitrogen and oxygen atoms in total. The van der Waals surface area contributed by atoms with Crippen LogP contribution in [0.25, 0.3) is 10.6 Å². The van der Waals surface area contributed by atoms with Gasteiger partial charge in [0.1, 0.15) is 10.8 Å². The second-order valence-corrected chi connectivity index (χ2v) is 5.64.